The lowest BCUT2D eigenvalue weighted by Gasteiger charge is -2.40. The number of aliphatic hydroxyl groups excluding tert-OH is 3. The molecule has 196 valence electrons. The Labute approximate surface area is 205 Å². The van der Waals surface area contributed by atoms with Crippen molar-refractivity contribution in [2.24, 2.45) is 0 Å². The number of ether oxygens (including phenoxy) is 3. The zero-order valence-electron chi connectivity index (χ0n) is 21.2. The minimum absolute atomic E-state index is 0.196. The molecule has 1 aliphatic rings. The van der Waals surface area contributed by atoms with Crippen LogP contribution in [0.5, 0.6) is 0 Å². The van der Waals surface area contributed by atoms with E-state index in [-0.39, 0.29) is 18.7 Å². The molecular weight excluding hydrogens is 436 g/mol. The monoisotopic (exact) mass is 482 g/mol. The molecule has 0 aromatic carbocycles. The summed E-state index contributed by atoms with van der Waals surface area (Å²) in [7, 11) is 0. The van der Waals surface area contributed by atoms with Crippen molar-refractivity contribution in [3.8, 4) is 0 Å². The number of esters is 1. The first-order chi connectivity index (χ1) is 16.4. The maximum absolute atomic E-state index is 12.0. The van der Waals surface area contributed by atoms with Crippen LogP contribution in [0.3, 0.4) is 0 Å². The van der Waals surface area contributed by atoms with Crippen LogP contribution in [0.4, 0.5) is 0 Å². The van der Waals surface area contributed by atoms with Gasteiger partial charge in [0.25, 0.3) is 0 Å². The third-order valence-electron chi connectivity index (χ3n) is 5.52. The van der Waals surface area contributed by atoms with Gasteiger partial charge >= 0.3 is 5.97 Å². The number of carbonyl (C=O) groups is 1. The van der Waals surface area contributed by atoms with E-state index < -0.39 is 30.7 Å². The minimum Gasteiger partial charge on any atom is -0.463 e. The zero-order chi connectivity index (χ0) is 25.2. The highest BCUT2D eigenvalue weighted by Gasteiger charge is 2.45. The number of unbranched alkanes of at least 4 members (excludes halogenated alkanes) is 5. The number of allylic oxidation sites excluding steroid dienone is 6. The van der Waals surface area contributed by atoms with Gasteiger partial charge in [-0.2, -0.15) is 0 Å². The Morgan fingerprint density at radius 1 is 0.853 bits per heavy atom. The van der Waals surface area contributed by atoms with Gasteiger partial charge in [0, 0.05) is 6.42 Å². The summed E-state index contributed by atoms with van der Waals surface area (Å²) >= 11 is 0. The second kappa shape index (κ2) is 18.8. The van der Waals surface area contributed by atoms with Gasteiger partial charge in [0.2, 0.25) is 0 Å². The summed E-state index contributed by atoms with van der Waals surface area (Å²) in [5.74, 6) is -0.362. The number of rotatable bonds is 17. The highest BCUT2D eigenvalue weighted by molar-refractivity contribution is 5.69. The van der Waals surface area contributed by atoms with E-state index in [1.165, 1.54) is 0 Å². The van der Waals surface area contributed by atoms with Crippen LogP contribution in [0.15, 0.2) is 36.5 Å². The summed E-state index contributed by atoms with van der Waals surface area (Å²) in [4.78, 5) is 12.0. The summed E-state index contributed by atoms with van der Waals surface area (Å²) < 4.78 is 16.1. The van der Waals surface area contributed by atoms with Crippen molar-refractivity contribution in [1.29, 1.82) is 0 Å². The predicted molar refractivity (Wildman–Crippen MR) is 133 cm³/mol. The molecule has 0 aliphatic carbocycles. The Morgan fingerprint density at radius 2 is 1.47 bits per heavy atom. The molecule has 1 rings (SSSR count). The van der Waals surface area contributed by atoms with Crippen LogP contribution in [-0.4, -0.2) is 64.7 Å². The van der Waals surface area contributed by atoms with Gasteiger partial charge in [-0.25, -0.2) is 0 Å². The van der Waals surface area contributed by atoms with E-state index in [0.717, 1.165) is 57.8 Å². The van der Waals surface area contributed by atoms with Gasteiger partial charge in [-0.05, 0) is 52.4 Å². The SMILES string of the molecule is CCC=CC/C=C\C/C=C\CCCCCCCC(=O)OC[C@H]1O[C@H](OC(C)C)[C@H](O)[C@@H](O)[C@@H]1O. The van der Waals surface area contributed by atoms with Gasteiger partial charge in [-0.1, -0.05) is 62.6 Å². The van der Waals surface area contributed by atoms with Crippen LogP contribution in [0.2, 0.25) is 0 Å². The third-order valence-corrected chi connectivity index (χ3v) is 5.52. The summed E-state index contributed by atoms with van der Waals surface area (Å²) in [5.41, 5.74) is 0. The van der Waals surface area contributed by atoms with Crippen LogP contribution < -0.4 is 0 Å². The topological polar surface area (TPSA) is 105 Å². The van der Waals surface area contributed by atoms with E-state index in [1.807, 2.05) is 0 Å². The molecule has 1 heterocycles. The molecule has 3 N–H and O–H groups in total. The minimum atomic E-state index is -1.43. The molecule has 1 aliphatic heterocycles. The van der Waals surface area contributed by atoms with Crippen molar-refractivity contribution in [3.63, 3.8) is 0 Å². The summed E-state index contributed by atoms with van der Waals surface area (Å²) in [6.45, 7) is 5.48. The van der Waals surface area contributed by atoms with E-state index >= 15 is 0 Å². The first kappa shape index (κ1) is 30.5. The highest BCUT2D eigenvalue weighted by atomic mass is 16.7. The van der Waals surface area contributed by atoms with E-state index in [2.05, 4.69) is 43.4 Å². The van der Waals surface area contributed by atoms with Crippen LogP contribution in [0.25, 0.3) is 0 Å². The first-order valence-corrected chi connectivity index (χ1v) is 12.8. The zero-order valence-corrected chi connectivity index (χ0v) is 21.2. The molecule has 0 bridgehead atoms. The van der Waals surface area contributed by atoms with Crippen LogP contribution >= 0.6 is 0 Å². The largest absolute Gasteiger partial charge is 0.463 e. The molecule has 7 nitrogen and oxygen atoms in total. The molecule has 0 unspecified atom stereocenters. The Hall–Kier alpha value is -1.51. The number of aliphatic hydroxyl groups is 3. The van der Waals surface area contributed by atoms with Crippen molar-refractivity contribution < 1.29 is 34.3 Å². The van der Waals surface area contributed by atoms with Crippen LogP contribution in [-0.2, 0) is 19.0 Å². The average Bonchev–Trinajstić information content (AvgIpc) is 2.80. The molecule has 0 aromatic heterocycles. The van der Waals surface area contributed by atoms with Crippen molar-refractivity contribution in [1.82, 2.24) is 0 Å². The lowest BCUT2D eigenvalue weighted by atomic mass is 9.99. The highest BCUT2D eigenvalue weighted by Crippen LogP contribution is 2.23. The van der Waals surface area contributed by atoms with Gasteiger partial charge in [0.1, 0.15) is 31.0 Å². The van der Waals surface area contributed by atoms with Crippen molar-refractivity contribution in [2.45, 2.75) is 122 Å². The molecule has 0 aromatic rings. The van der Waals surface area contributed by atoms with Gasteiger partial charge in [-0.3, -0.25) is 4.79 Å². The molecule has 34 heavy (non-hydrogen) atoms. The number of hydrogen-bond donors (Lipinski definition) is 3. The molecule has 0 amide bonds. The Morgan fingerprint density at radius 3 is 2.15 bits per heavy atom. The van der Waals surface area contributed by atoms with Gasteiger partial charge in [0.05, 0.1) is 6.10 Å². The van der Waals surface area contributed by atoms with Gasteiger partial charge < -0.3 is 29.5 Å². The van der Waals surface area contributed by atoms with E-state index in [0.29, 0.717) is 6.42 Å². The van der Waals surface area contributed by atoms with Crippen molar-refractivity contribution in [3.05, 3.63) is 36.5 Å². The fourth-order valence-electron chi connectivity index (χ4n) is 3.57. The van der Waals surface area contributed by atoms with E-state index in [9.17, 15) is 20.1 Å². The van der Waals surface area contributed by atoms with E-state index in [4.69, 9.17) is 14.2 Å². The first-order valence-electron chi connectivity index (χ1n) is 12.8. The van der Waals surface area contributed by atoms with Gasteiger partial charge in [0.15, 0.2) is 6.29 Å². The van der Waals surface area contributed by atoms with Crippen LogP contribution in [0, 0.1) is 0 Å². The lowest BCUT2D eigenvalue weighted by molar-refractivity contribution is -0.309. The Balaban J connectivity index is 2.08. The Kier molecular flexibility index (Phi) is 16.9. The van der Waals surface area contributed by atoms with Crippen molar-refractivity contribution in [2.75, 3.05) is 6.61 Å². The molecule has 1 saturated heterocycles. The molecule has 7 heteroatoms. The molecular formula is C27H46O7. The molecule has 0 saturated carbocycles. The lowest BCUT2D eigenvalue weighted by Crippen LogP contribution is -2.59. The molecule has 5 atom stereocenters. The number of hydrogen-bond acceptors (Lipinski definition) is 7. The third kappa shape index (κ3) is 13.4. The summed E-state index contributed by atoms with van der Waals surface area (Å²) in [6, 6.07) is 0. The Bertz CT molecular complexity index is 614. The quantitative estimate of drug-likeness (QED) is 0.161. The predicted octanol–water partition coefficient (Wildman–Crippen LogP) is 4.35. The maximum atomic E-state index is 12.0. The summed E-state index contributed by atoms with van der Waals surface area (Å²) in [6.07, 6.45) is 16.3. The fraction of sp³-hybridized carbons (Fsp3) is 0.741. The maximum Gasteiger partial charge on any atom is 0.305 e. The van der Waals surface area contributed by atoms with E-state index in [1.54, 1.807) is 13.8 Å². The number of carbonyl (C=O) groups excluding carboxylic acids is 1. The second-order valence-electron chi connectivity index (χ2n) is 8.98. The fourth-order valence-corrected chi connectivity index (χ4v) is 3.57. The molecule has 0 radical (unpaired) electrons. The second-order valence-corrected chi connectivity index (χ2v) is 8.98. The normalized spacial score (nSPS) is 25.8. The standard InChI is InChI=1S/C27H46O7/c1-4-5-6-7-8-9-10-11-12-13-14-15-16-17-18-19-23(28)32-20-22-24(29)25(30)26(31)27(34-22)33-21(2)3/h5-6,8-9,11-12,21-22,24-27,29-31H,4,7,10,13-20H2,1-3H3/b6-5?,9-8-,12-11-/t22-,24-,25+,26-,27+/m1/s1. The average molecular weight is 483 g/mol. The van der Waals surface area contributed by atoms with Gasteiger partial charge in [-0.15, -0.1) is 0 Å². The summed E-state index contributed by atoms with van der Waals surface area (Å²) in [5, 5.41) is 30.1. The smallest absolute Gasteiger partial charge is 0.305 e. The van der Waals surface area contributed by atoms with Crippen LogP contribution in [0.1, 0.15) is 85.0 Å². The van der Waals surface area contributed by atoms with Crippen molar-refractivity contribution >= 4 is 5.97 Å². The molecule has 1 fully saturated rings. The molecule has 0 spiro atoms.